The van der Waals surface area contributed by atoms with Crippen LogP contribution in [0.1, 0.15) is 10.4 Å². The zero-order chi connectivity index (χ0) is 13.0. The van der Waals surface area contributed by atoms with E-state index in [1.807, 2.05) is 5.01 Å². The minimum atomic E-state index is -0.134. The van der Waals surface area contributed by atoms with E-state index >= 15 is 0 Å². The van der Waals surface area contributed by atoms with Crippen LogP contribution in [0.4, 0.5) is 11.4 Å². The fourth-order valence-electron chi connectivity index (χ4n) is 1.83. The monoisotopic (exact) mass is 250 g/mol. The summed E-state index contributed by atoms with van der Waals surface area (Å²) in [4.78, 5) is 11.8. The molecule has 4 N–H and O–H groups in total. The van der Waals surface area contributed by atoms with Gasteiger partial charge in [-0.1, -0.05) is 0 Å². The van der Waals surface area contributed by atoms with Crippen LogP contribution in [0, 0.1) is 0 Å². The van der Waals surface area contributed by atoms with Crippen molar-refractivity contribution >= 4 is 17.3 Å². The zero-order valence-electron chi connectivity index (χ0n) is 10.4. The zero-order valence-corrected chi connectivity index (χ0v) is 10.4. The summed E-state index contributed by atoms with van der Waals surface area (Å²) in [7, 11) is 1.61. The van der Waals surface area contributed by atoms with Gasteiger partial charge in [0.1, 0.15) is 0 Å². The number of nitrogen functional groups attached to an aromatic ring is 1. The molecule has 98 valence electrons. The Bertz CT molecular complexity index is 430. The Morgan fingerprint density at radius 1 is 1.39 bits per heavy atom. The quantitative estimate of drug-likeness (QED) is 0.672. The molecule has 1 aromatic rings. The summed E-state index contributed by atoms with van der Waals surface area (Å²) in [6.07, 6.45) is 0. The molecule has 0 bridgehead atoms. The molecule has 1 aromatic carbocycles. The maximum Gasteiger partial charge on any atom is 0.253 e. The molecule has 0 atom stereocenters. The van der Waals surface area contributed by atoms with E-state index in [4.69, 9.17) is 10.5 Å². The van der Waals surface area contributed by atoms with E-state index in [9.17, 15) is 4.79 Å². The average molecular weight is 250 g/mol. The Labute approximate surface area is 106 Å². The molecule has 0 aromatic heterocycles. The van der Waals surface area contributed by atoms with E-state index in [0.717, 1.165) is 18.8 Å². The van der Waals surface area contributed by atoms with Crippen LogP contribution in [0.15, 0.2) is 18.2 Å². The van der Waals surface area contributed by atoms with Crippen molar-refractivity contribution in [2.75, 3.05) is 44.5 Å². The first-order valence-electron chi connectivity index (χ1n) is 5.91. The van der Waals surface area contributed by atoms with Crippen molar-refractivity contribution in [3.8, 4) is 0 Å². The van der Waals surface area contributed by atoms with Gasteiger partial charge in [-0.15, -0.1) is 0 Å². The van der Waals surface area contributed by atoms with E-state index < -0.39 is 0 Å². The Morgan fingerprint density at radius 3 is 2.78 bits per heavy atom. The van der Waals surface area contributed by atoms with Gasteiger partial charge in [0.15, 0.2) is 0 Å². The molecule has 1 aliphatic rings. The van der Waals surface area contributed by atoms with Crippen molar-refractivity contribution in [1.29, 1.82) is 0 Å². The first-order valence-corrected chi connectivity index (χ1v) is 5.91. The van der Waals surface area contributed by atoms with Crippen LogP contribution in [-0.4, -0.2) is 44.3 Å². The number of nitrogens with two attached hydrogens (primary N) is 1. The van der Waals surface area contributed by atoms with Crippen molar-refractivity contribution in [3.05, 3.63) is 23.8 Å². The van der Waals surface area contributed by atoms with Crippen LogP contribution >= 0.6 is 0 Å². The highest BCUT2D eigenvalue weighted by Crippen LogP contribution is 2.20. The molecule has 1 fully saturated rings. The number of hydrogen-bond donors (Lipinski definition) is 3. The first-order chi connectivity index (χ1) is 8.70. The largest absolute Gasteiger partial charge is 0.399 e. The Morgan fingerprint density at radius 2 is 2.11 bits per heavy atom. The van der Waals surface area contributed by atoms with Gasteiger partial charge < -0.3 is 21.2 Å². The molecule has 0 spiro atoms. The van der Waals surface area contributed by atoms with Crippen molar-refractivity contribution in [2.24, 2.45) is 0 Å². The van der Waals surface area contributed by atoms with Gasteiger partial charge in [0, 0.05) is 25.8 Å². The van der Waals surface area contributed by atoms with E-state index in [1.54, 1.807) is 25.2 Å². The summed E-state index contributed by atoms with van der Waals surface area (Å²) in [5.74, 6) is -0.134. The van der Waals surface area contributed by atoms with Crippen molar-refractivity contribution in [1.82, 2.24) is 10.3 Å². The molecule has 0 radical (unpaired) electrons. The summed E-state index contributed by atoms with van der Waals surface area (Å²) >= 11 is 0. The van der Waals surface area contributed by atoms with Gasteiger partial charge in [0.05, 0.1) is 24.5 Å². The minimum absolute atomic E-state index is 0.134. The lowest BCUT2D eigenvalue weighted by Crippen LogP contribution is -2.40. The van der Waals surface area contributed by atoms with Crippen LogP contribution in [0.5, 0.6) is 0 Å². The molecule has 1 saturated heterocycles. The highest BCUT2D eigenvalue weighted by atomic mass is 16.5. The number of rotatable bonds is 3. The van der Waals surface area contributed by atoms with Crippen LogP contribution < -0.4 is 16.5 Å². The summed E-state index contributed by atoms with van der Waals surface area (Å²) in [6, 6.07) is 5.20. The number of carbonyl (C=O) groups excluding carboxylic acids is 1. The minimum Gasteiger partial charge on any atom is -0.399 e. The second-order valence-corrected chi connectivity index (χ2v) is 4.10. The SMILES string of the molecule is CNC(=O)c1ccc(N)cc1NN1CCOCC1. The summed E-state index contributed by atoms with van der Waals surface area (Å²) < 4.78 is 5.27. The van der Waals surface area contributed by atoms with Crippen molar-refractivity contribution in [3.63, 3.8) is 0 Å². The van der Waals surface area contributed by atoms with Crippen LogP contribution in [-0.2, 0) is 4.74 Å². The highest BCUT2D eigenvalue weighted by Gasteiger charge is 2.15. The number of ether oxygens (including phenoxy) is 1. The molecule has 1 amide bonds. The lowest BCUT2D eigenvalue weighted by molar-refractivity contribution is 0.0496. The van der Waals surface area contributed by atoms with E-state index in [1.165, 1.54) is 0 Å². The molecule has 0 saturated carbocycles. The Kier molecular flexibility index (Phi) is 4.01. The normalized spacial score (nSPS) is 16.3. The van der Waals surface area contributed by atoms with E-state index in [2.05, 4.69) is 10.7 Å². The predicted molar refractivity (Wildman–Crippen MR) is 70.3 cm³/mol. The first kappa shape index (κ1) is 12.7. The number of nitrogens with zero attached hydrogens (tertiary/aromatic N) is 1. The Hall–Kier alpha value is -1.79. The third kappa shape index (κ3) is 2.91. The third-order valence-corrected chi connectivity index (χ3v) is 2.80. The number of hydrogen-bond acceptors (Lipinski definition) is 5. The van der Waals surface area contributed by atoms with Gasteiger partial charge in [0.2, 0.25) is 0 Å². The van der Waals surface area contributed by atoms with Crippen LogP contribution in [0.2, 0.25) is 0 Å². The van der Waals surface area contributed by atoms with Gasteiger partial charge in [-0.25, -0.2) is 5.01 Å². The van der Waals surface area contributed by atoms with Gasteiger partial charge in [0.25, 0.3) is 5.91 Å². The number of benzene rings is 1. The molecule has 1 heterocycles. The number of carbonyl (C=O) groups is 1. The molecular weight excluding hydrogens is 232 g/mol. The molecule has 0 unspecified atom stereocenters. The second-order valence-electron chi connectivity index (χ2n) is 4.10. The van der Waals surface area contributed by atoms with Crippen LogP contribution in [0.25, 0.3) is 0 Å². The molecule has 18 heavy (non-hydrogen) atoms. The summed E-state index contributed by atoms with van der Waals surface area (Å²) in [6.45, 7) is 2.93. The molecule has 2 rings (SSSR count). The summed E-state index contributed by atoms with van der Waals surface area (Å²) in [5, 5.41) is 4.63. The molecule has 0 aliphatic carbocycles. The van der Waals surface area contributed by atoms with Gasteiger partial charge in [-0.3, -0.25) is 4.79 Å². The van der Waals surface area contributed by atoms with Gasteiger partial charge >= 0.3 is 0 Å². The molecule has 1 aliphatic heterocycles. The fourth-order valence-corrected chi connectivity index (χ4v) is 1.83. The molecule has 6 heteroatoms. The smallest absolute Gasteiger partial charge is 0.253 e. The maximum atomic E-state index is 11.8. The van der Waals surface area contributed by atoms with E-state index in [0.29, 0.717) is 24.5 Å². The lowest BCUT2D eigenvalue weighted by Gasteiger charge is -2.28. The van der Waals surface area contributed by atoms with Gasteiger partial charge in [-0.05, 0) is 18.2 Å². The van der Waals surface area contributed by atoms with Gasteiger partial charge in [-0.2, -0.15) is 0 Å². The number of anilines is 2. The Balaban J connectivity index is 2.18. The number of morpholine rings is 1. The van der Waals surface area contributed by atoms with Crippen molar-refractivity contribution in [2.45, 2.75) is 0 Å². The third-order valence-electron chi connectivity index (χ3n) is 2.80. The van der Waals surface area contributed by atoms with E-state index in [-0.39, 0.29) is 5.91 Å². The van der Waals surface area contributed by atoms with Crippen LogP contribution in [0.3, 0.4) is 0 Å². The fraction of sp³-hybridized carbons (Fsp3) is 0.417. The predicted octanol–water partition coefficient (Wildman–Crippen LogP) is 0.288. The number of hydrazine groups is 1. The lowest BCUT2D eigenvalue weighted by atomic mass is 10.1. The maximum absolute atomic E-state index is 11.8. The number of nitrogens with one attached hydrogen (secondary N) is 2. The number of amides is 1. The molecular formula is C12H18N4O2. The standard InChI is InChI=1S/C12H18N4O2/c1-14-12(17)10-3-2-9(13)8-11(10)15-16-4-6-18-7-5-16/h2-3,8,15H,4-7,13H2,1H3,(H,14,17). The second kappa shape index (κ2) is 5.70. The molecule has 6 nitrogen and oxygen atoms in total. The average Bonchev–Trinajstić information content (AvgIpc) is 2.39. The highest BCUT2D eigenvalue weighted by molar-refractivity contribution is 6.00. The topological polar surface area (TPSA) is 79.6 Å². The van der Waals surface area contributed by atoms with Crippen molar-refractivity contribution < 1.29 is 9.53 Å². The summed E-state index contributed by atoms with van der Waals surface area (Å²) in [5.41, 5.74) is 10.9.